The summed E-state index contributed by atoms with van der Waals surface area (Å²) in [6.07, 6.45) is 1.41. The summed E-state index contributed by atoms with van der Waals surface area (Å²) < 4.78 is 10.6. The van der Waals surface area contributed by atoms with Gasteiger partial charge in [0.25, 0.3) is 5.91 Å². The predicted octanol–water partition coefficient (Wildman–Crippen LogP) is 5.25. The van der Waals surface area contributed by atoms with Crippen molar-refractivity contribution in [3.63, 3.8) is 0 Å². The second-order valence-electron chi connectivity index (χ2n) is 6.70. The fourth-order valence-electron chi connectivity index (χ4n) is 2.96. The highest BCUT2D eigenvalue weighted by molar-refractivity contribution is 6.31. The molecule has 0 aliphatic rings. The van der Waals surface area contributed by atoms with E-state index in [0.29, 0.717) is 21.2 Å². The van der Waals surface area contributed by atoms with Crippen molar-refractivity contribution in [3.05, 3.63) is 93.1 Å². The molecule has 1 atom stereocenters. The number of ether oxygens (including phenoxy) is 2. The number of rotatable bonds is 7. The summed E-state index contributed by atoms with van der Waals surface area (Å²) in [5, 5.41) is 3.78. The maximum absolute atomic E-state index is 13.0. The average molecular weight is 459 g/mol. The zero-order valence-corrected chi connectivity index (χ0v) is 18.4. The number of hydrogen-bond donors (Lipinski definition) is 1. The van der Waals surface area contributed by atoms with E-state index < -0.39 is 17.9 Å². The molecule has 0 radical (unpaired) electrons. The molecule has 0 unspecified atom stereocenters. The molecule has 2 aromatic carbocycles. The maximum Gasteiger partial charge on any atom is 0.338 e. The largest absolute Gasteiger partial charge is 0.472 e. The topological polar surface area (TPSA) is 77.5 Å². The third-order valence-electron chi connectivity index (χ3n) is 4.53. The van der Waals surface area contributed by atoms with Gasteiger partial charge in [-0.3, -0.25) is 4.79 Å². The number of methoxy groups -OCH3 is 1. The molecule has 0 bridgehead atoms. The Morgan fingerprint density at radius 3 is 2.45 bits per heavy atom. The number of carbonyl (C=O) groups is 2. The number of aromatic nitrogens is 1. The normalized spacial score (nSPS) is 11.5. The first-order chi connectivity index (χ1) is 14.9. The number of benzene rings is 2. The molecule has 0 saturated heterocycles. The van der Waals surface area contributed by atoms with Crippen LogP contribution in [0.1, 0.15) is 44.8 Å². The van der Waals surface area contributed by atoms with E-state index in [-0.39, 0.29) is 18.1 Å². The van der Waals surface area contributed by atoms with Crippen LogP contribution in [0.4, 0.5) is 0 Å². The van der Waals surface area contributed by atoms with Gasteiger partial charge in [-0.15, -0.1) is 0 Å². The Bertz CT molecular complexity index is 1090. The first-order valence-corrected chi connectivity index (χ1v) is 10.2. The Morgan fingerprint density at radius 1 is 1.03 bits per heavy atom. The van der Waals surface area contributed by atoms with E-state index >= 15 is 0 Å². The van der Waals surface area contributed by atoms with Crippen LogP contribution in [0, 0.1) is 0 Å². The highest BCUT2D eigenvalue weighted by Gasteiger charge is 2.21. The molecule has 31 heavy (non-hydrogen) atoms. The predicted molar refractivity (Wildman–Crippen MR) is 119 cm³/mol. The third-order valence-corrected chi connectivity index (χ3v) is 4.99. The van der Waals surface area contributed by atoms with Gasteiger partial charge in [-0.25, -0.2) is 9.78 Å². The average Bonchev–Trinajstić information content (AvgIpc) is 2.78. The molecular formula is C23H20Cl2N2O4. The molecule has 0 fully saturated rings. The first kappa shape index (κ1) is 22.6. The summed E-state index contributed by atoms with van der Waals surface area (Å²) in [6.45, 7) is 1.97. The summed E-state index contributed by atoms with van der Waals surface area (Å²) in [4.78, 5) is 29.2. The van der Waals surface area contributed by atoms with Crippen LogP contribution in [0.5, 0.6) is 5.88 Å². The van der Waals surface area contributed by atoms with Crippen LogP contribution in [0.2, 0.25) is 10.0 Å². The number of carbonyl (C=O) groups excluding carboxylic acids is 2. The van der Waals surface area contributed by atoms with Crippen molar-refractivity contribution in [2.24, 2.45) is 0 Å². The zero-order chi connectivity index (χ0) is 22.4. The molecule has 1 amide bonds. The number of nitrogens with one attached hydrogen (secondary N) is 1. The summed E-state index contributed by atoms with van der Waals surface area (Å²) in [5.74, 6) is -0.772. The first-order valence-electron chi connectivity index (χ1n) is 9.40. The molecule has 3 rings (SSSR count). The molecule has 0 saturated carbocycles. The van der Waals surface area contributed by atoms with E-state index in [9.17, 15) is 9.59 Å². The Labute approximate surface area is 190 Å². The highest BCUT2D eigenvalue weighted by atomic mass is 35.5. The van der Waals surface area contributed by atoms with Crippen molar-refractivity contribution in [3.8, 4) is 5.88 Å². The molecule has 1 N–H and O–H groups in total. The van der Waals surface area contributed by atoms with Crippen molar-refractivity contribution in [2.75, 3.05) is 7.11 Å². The minimum absolute atomic E-state index is 0.144. The van der Waals surface area contributed by atoms with E-state index in [4.69, 9.17) is 32.7 Å². The number of amides is 1. The standard InChI is InChI=1S/C23H20Cl2N2O4/c1-14(18-5-3-4-6-19(18)23(29)30-2)27-21(28)20-11-17(25)12-26-22(20)31-13-15-7-9-16(24)10-8-15/h3-12,14H,13H2,1-2H3,(H,27,28)/t14-/m0/s1. The Morgan fingerprint density at radius 2 is 1.74 bits per heavy atom. The number of halogens is 2. The lowest BCUT2D eigenvalue weighted by Gasteiger charge is -2.18. The van der Waals surface area contributed by atoms with Gasteiger partial charge in [-0.2, -0.15) is 0 Å². The van der Waals surface area contributed by atoms with Crippen molar-refractivity contribution < 1.29 is 19.1 Å². The van der Waals surface area contributed by atoms with Gasteiger partial charge in [0.1, 0.15) is 12.2 Å². The van der Waals surface area contributed by atoms with E-state index in [2.05, 4.69) is 10.3 Å². The van der Waals surface area contributed by atoms with Crippen molar-refractivity contribution in [2.45, 2.75) is 19.6 Å². The quantitative estimate of drug-likeness (QED) is 0.489. The lowest BCUT2D eigenvalue weighted by atomic mass is 10.0. The monoisotopic (exact) mass is 458 g/mol. The van der Waals surface area contributed by atoms with Gasteiger partial charge >= 0.3 is 5.97 Å². The van der Waals surface area contributed by atoms with Gasteiger partial charge in [0, 0.05) is 11.2 Å². The Kier molecular flexibility index (Phi) is 7.50. The van der Waals surface area contributed by atoms with Gasteiger partial charge in [0.15, 0.2) is 0 Å². The van der Waals surface area contributed by atoms with E-state index in [1.54, 1.807) is 43.3 Å². The van der Waals surface area contributed by atoms with E-state index in [0.717, 1.165) is 5.56 Å². The molecule has 1 heterocycles. The summed E-state index contributed by atoms with van der Waals surface area (Å²) in [5.41, 5.74) is 2.05. The lowest BCUT2D eigenvalue weighted by molar-refractivity contribution is 0.0597. The summed E-state index contributed by atoms with van der Waals surface area (Å²) >= 11 is 12.0. The van der Waals surface area contributed by atoms with Crippen LogP contribution in [0.3, 0.4) is 0 Å². The number of hydrogen-bond acceptors (Lipinski definition) is 5. The van der Waals surface area contributed by atoms with Gasteiger partial charge in [0.05, 0.1) is 23.7 Å². The number of nitrogens with zero attached hydrogens (tertiary/aromatic N) is 1. The number of pyridine rings is 1. The molecule has 0 spiro atoms. The van der Waals surface area contributed by atoms with Crippen molar-refractivity contribution in [1.29, 1.82) is 0 Å². The summed E-state index contributed by atoms with van der Waals surface area (Å²) in [7, 11) is 1.31. The third kappa shape index (κ3) is 5.75. The molecule has 6 nitrogen and oxygen atoms in total. The molecule has 8 heteroatoms. The van der Waals surface area contributed by atoms with Crippen LogP contribution in [-0.2, 0) is 11.3 Å². The van der Waals surface area contributed by atoms with Crippen LogP contribution >= 0.6 is 23.2 Å². The lowest BCUT2D eigenvalue weighted by Crippen LogP contribution is -2.28. The van der Waals surface area contributed by atoms with Crippen molar-refractivity contribution >= 4 is 35.1 Å². The van der Waals surface area contributed by atoms with Crippen LogP contribution in [0.25, 0.3) is 0 Å². The van der Waals surface area contributed by atoms with Gasteiger partial charge in [0.2, 0.25) is 5.88 Å². The summed E-state index contributed by atoms with van der Waals surface area (Å²) in [6, 6.07) is 15.1. The Balaban J connectivity index is 1.79. The molecule has 0 aliphatic heterocycles. The minimum Gasteiger partial charge on any atom is -0.472 e. The fourth-order valence-corrected chi connectivity index (χ4v) is 3.24. The maximum atomic E-state index is 13.0. The van der Waals surface area contributed by atoms with Crippen LogP contribution in [0.15, 0.2) is 60.8 Å². The minimum atomic E-state index is -0.481. The highest BCUT2D eigenvalue weighted by Crippen LogP contribution is 2.24. The second-order valence-corrected chi connectivity index (χ2v) is 7.57. The van der Waals surface area contributed by atoms with Crippen LogP contribution < -0.4 is 10.1 Å². The zero-order valence-electron chi connectivity index (χ0n) is 16.9. The molecule has 0 aliphatic carbocycles. The van der Waals surface area contributed by atoms with Crippen molar-refractivity contribution in [1.82, 2.24) is 10.3 Å². The van der Waals surface area contributed by atoms with Crippen LogP contribution in [-0.4, -0.2) is 24.0 Å². The van der Waals surface area contributed by atoms with Gasteiger partial charge in [-0.1, -0.05) is 53.5 Å². The molecule has 160 valence electrons. The molecule has 3 aromatic rings. The molecular weight excluding hydrogens is 439 g/mol. The van der Waals surface area contributed by atoms with Gasteiger partial charge < -0.3 is 14.8 Å². The van der Waals surface area contributed by atoms with Gasteiger partial charge in [-0.05, 0) is 42.3 Å². The number of esters is 1. The SMILES string of the molecule is COC(=O)c1ccccc1[C@H](C)NC(=O)c1cc(Cl)cnc1OCc1ccc(Cl)cc1. The smallest absolute Gasteiger partial charge is 0.338 e. The second kappa shape index (κ2) is 10.3. The van der Waals surface area contributed by atoms with E-state index in [1.807, 2.05) is 12.1 Å². The molecule has 1 aromatic heterocycles. The fraction of sp³-hybridized carbons (Fsp3) is 0.174. The Hall–Kier alpha value is -3.09. The van der Waals surface area contributed by atoms with E-state index in [1.165, 1.54) is 19.4 Å².